The van der Waals surface area contributed by atoms with Crippen LogP contribution in [0.2, 0.25) is 0 Å². The molecule has 1 atom stereocenters. The molecule has 0 aliphatic carbocycles. The molecular formula is C27H32O3. The molecule has 3 heteroatoms. The van der Waals surface area contributed by atoms with Crippen LogP contribution < -0.4 is 14.2 Å². The van der Waals surface area contributed by atoms with Crippen LogP contribution in [0.25, 0.3) is 0 Å². The maximum Gasteiger partial charge on any atom is 0.127 e. The molecule has 0 spiro atoms. The topological polar surface area (TPSA) is 27.7 Å². The van der Waals surface area contributed by atoms with Crippen molar-refractivity contribution in [3.63, 3.8) is 0 Å². The van der Waals surface area contributed by atoms with E-state index in [2.05, 4.69) is 13.8 Å². The number of para-hydroxylation sites is 1. The van der Waals surface area contributed by atoms with Crippen LogP contribution in [0, 0.1) is 0 Å². The molecule has 3 nitrogen and oxygen atoms in total. The van der Waals surface area contributed by atoms with Crippen LogP contribution in [-0.2, 0) is 0 Å². The molecule has 0 radical (unpaired) electrons. The van der Waals surface area contributed by atoms with Crippen molar-refractivity contribution < 1.29 is 14.2 Å². The van der Waals surface area contributed by atoms with Gasteiger partial charge in [0.25, 0.3) is 0 Å². The molecule has 3 rings (SSSR count). The Labute approximate surface area is 180 Å². The van der Waals surface area contributed by atoms with Crippen molar-refractivity contribution in [2.24, 2.45) is 0 Å². The number of hydrogen-bond donors (Lipinski definition) is 0. The minimum atomic E-state index is 0.283. The highest BCUT2D eigenvalue weighted by atomic mass is 16.5. The molecule has 0 bridgehead atoms. The van der Waals surface area contributed by atoms with Crippen molar-refractivity contribution >= 4 is 0 Å². The first-order chi connectivity index (χ1) is 14.8. The Hall–Kier alpha value is -2.94. The van der Waals surface area contributed by atoms with Crippen LogP contribution in [-0.4, -0.2) is 6.10 Å². The van der Waals surface area contributed by atoms with Gasteiger partial charge in [-0.05, 0) is 79.9 Å². The van der Waals surface area contributed by atoms with E-state index in [0.717, 1.165) is 41.6 Å². The Balaban J connectivity index is 1.50. The summed E-state index contributed by atoms with van der Waals surface area (Å²) in [6, 6.07) is 25.2. The SMILES string of the molecule is CCCCCCC(CC)Oc1ccc(Oc2ccc(Oc3ccccc3)cc2)cc1. The van der Waals surface area contributed by atoms with Gasteiger partial charge in [0.2, 0.25) is 0 Å². The van der Waals surface area contributed by atoms with E-state index in [-0.39, 0.29) is 6.10 Å². The van der Waals surface area contributed by atoms with Gasteiger partial charge >= 0.3 is 0 Å². The molecule has 3 aromatic rings. The first kappa shape index (κ1) is 21.8. The quantitative estimate of drug-likeness (QED) is 0.284. The average molecular weight is 405 g/mol. The minimum absolute atomic E-state index is 0.283. The molecule has 0 saturated carbocycles. The highest BCUT2D eigenvalue weighted by Crippen LogP contribution is 2.28. The number of rotatable bonds is 12. The van der Waals surface area contributed by atoms with Crippen LogP contribution in [0.5, 0.6) is 28.7 Å². The Bertz CT molecular complexity index is 842. The Morgan fingerprint density at radius 3 is 1.57 bits per heavy atom. The summed E-state index contributed by atoms with van der Waals surface area (Å²) in [4.78, 5) is 0. The third kappa shape index (κ3) is 7.14. The zero-order chi connectivity index (χ0) is 21.0. The van der Waals surface area contributed by atoms with Crippen molar-refractivity contribution in [1.82, 2.24) is 0 Å². The molecule has 0 aliphatic heterocycles. The van der Waals surface area contributed by atoms with Gasteiger partial charge in [-0.2, -0.15) is 0 Å². The summed E-state index contributed by atoms with van der Waals surface area (Å²) in [6.45, 7) is 4.43. The van der Waals surface area contributed by atoms with Crippen molar-refractivity contribution in [2.75, 3.05) is 0 Å². The molecule has 0 heterocycles. The fraction of sp³-hybridized carbons (Fsp3) is 0.333. The molecule has 0 aliphatic rings. The van der Waals surface area contributed by atoms with E-state index in [1.165, 1.54) is 25.7 Å². The zero-order valence-corrected chi connectivity index (χ0v) is 18.1. The fourth-order valence-electron chi connectivity index (χ4n) is 3.26. The first-order valence-corrected chi connectivity index (χ1v) is 11.0. The minimum Gasteiger partial charge on any atom is -0.490 e. The number of hydrogen-bond acceptors (Lipinski definition) is 3. The van der Waals surface area contributed by atoms with E-state index in [0.29, 0.717) is 0 Å². The summed E-state index contributed by atoms with van der Waals surface area (Å²) in [5.74, 6) is 4.05. The van der Waals surface area contributed by atoms with E-state index >= 15 is 0 Å². The van der Waals surface area contributed by atoms with Crippen LogP contribution in [0.15, 0.2) is 78.9 Å². The summed E-state index contributed by atoms with van der Waals surface area (Å²) >= 11 is 0. The third-order valence-electron chi connectivity index (χ3n) is 5.00. The summed E-state index contributed by atoms with van der Waals surface area (Å²) in [7, 11) is 0. The maximum atomic E-state index is 6.15. The van der Waals surface area contributed by atoms with Gasteiger partial charge in [-0.25, -0.2) is 0 Å². The average Bonchev–Trinajstić information content (AvgIpc) is 2.79. The van der Waals surface area contributed by atoms with Gasteiger partial charge in [0.1, 0.15) is 28.7 Å². The number of ether oxygens (including phenoxy) is 3. The lowest BCUT2D eigenvalue weighted by Crippen LogP contribution is -2.15. The van der Waals surface area contributed by atoms with Gasteiger partial charge in [-0.1, -0.05) is 51.3 Å². The summed E-state index contributed by atoms with van der Waals surface area (Å²) in [5.41, 5.74) is 0. The van der Waals surface area contributed by atoms with E-state index in [9.17, 15) is 0 Å². The molecule has 1 unspecified atom stereocenters. The summed E-state index contributed by atoms with van der Waals surface area (Å²) < 4.78 is 17.9. The number of unbranched alkanes of at least 4 members (excludes halogenated alkanes) is 3. The lowest BCUT2D eigenvalue weighted by molar-refractivity contribution is 0.182. The van der Waals surface area contributed by atoms with Crippen LogP contribution >= 0.6 is 0 Å². The van der Waals surface area contributed by atoms with Crippen molar-refractivity contribution in [3.05, 3.63) is 78.9 Å². The maximum absolute atomic E-state index is 6.15. The molecule has 0 aromatic heterocycles. The van der Waals surface area contributed by atoms with Gasteiger partial charge in [0, 0.05) is 0 Å². The third-order valence-corrected chi connectivity index (χ3v) is 5.00. The molecule has 158 valence electrons. The molecule has 30 heavy (non-hydrogen) atoms. The molecule has 3 aromatic carbocycles. The Kier molecular flexibility index (Phi) is 8.64. The second-order valence-corrected chi connectivity index (χ2v) is 7.46. The lowest BCUT2D eigenvalue weighted by atomic mass is 10.1. The predicted octanol–water partition coefficient (Wildman–Crippen LogP) is 8.40. The van der Waals surface area contributed by atoms with E-state index < -0.39 is 0 Å². The largest absolute Gasteiger partial charge is 0.490 e. The monoisotopic (exact) mass is 404 g/mol. The van der Waals surface area contributed by atoms with E-state index in [1.54, 1.807) is 0 Å². The van der Waals surface area contributed by atoms with Gasteiger partial charge in [-0.3, -0.25) is 0 Å². The van der Waals surface area contributed by atoms with Gasteiger partial charge in [0.15, 0.2) is 0 Å². The molecule has 0 saturated heterocycles. The molecule has 0 fully saturated rings. The Morgan fingerprint density at radius 2 is 1.07 bits per heavy atom. The van der Waals surface area contributed by atoms with Crippen molar-refractivity contribution in [1.29, 1.82) is 0 Å². The van der Waals surface area contributed by atoms with Crippen molar-refractivity contribution in [2.45, 2.75) is 58.5 Å². The highest BCUT2D eigenvalue weighted by Gasteiger charge is 2.08. The fourth-order valence-corrected chi connectivity index (χ4v) is 3.26. The summed E-state index contributed by atoms with van der Waals surface area (Å²) in [5, 5.41) is 0. The van der Waals surface area contributed by atoms with Crippen molar-refractivity contribution in [3.8, 4) is 28.7 Å². The molecule has 0 N–H and O–H groups in total. The molecule has 0 amide bonds. The van der Waals surface area contributed by atoms with Crippen LogP contribution in [0.3, 0.4) is 0 Å². The Morgan fingerprint density at radius 1 is 0.567 bits per heavy atom. The zero-order valence-electron chi connectivity index (χ0n) is 18.1. The molecular weight excluding hydrogens is 372 g/mol. The second-order valence-electron chi connectivity index (χ2n) is 7.46. The highest BCUT2D eigenvalue weighted by molar-refractivity contribution is 5.39. The van der Waals surface area contributed by atoms with Gasteiger partial charge in [-0.15, -0.1) is 0 Å². The number of benzene rings is 3. The predicted molar refractivity (Wildman–Crippen MR) is 123 cm³/mol. The second kappa shape index (κ2) is 11.9. The smallest absolute Gasteiger partial charge is 0.127 e. The van der Waals surface area contributed by atoms with E-state index in [4.69, 9.17) is 14.2 Å². The normalized spacial score (nSPS) is 11.7. The van der Waals surface area contributed by atoms with Crippen LogP contribution in [0.1, 0.15) is 52.4 Å². The standard InChI is InChI=1S/C27H32O3/c1-3-5-6-8-11-22(4-2)28-24-14-16-26(17-15-24)30-27-20-18-25(19-21-27)29-23-12-9-7-10-13-23/h7,9-10,12-22H,3-6,8,11H2,1-2H3. The van der Waals surface area contributed by atoms with Crippen LogP contribution in [0.4, 0.5) is 0 Å². The van der Waals surface area contributed by atoms with E-state index in [1.807, 2.05) is 78.9 Å². The van der Waals surface area contributed by atoms with Gasteiger partial charge < -0.3 is 14.2 Å². The lowest BCUT2D eigenvalue weighted by Gasteiger charge is -2.18. The first-order valence-electron chi connectivity index (χ1n) is 11.0. The van der Waals surface area contributed by atoms with Gasteiger partial charge in [0.05, 0.1) is 6.10 Å². The summed E-state index contributed by atoms with van der Waals surface area (Å²) in [6.07, 6.45) is 7.53.